The second kappa shape index (κ2) is 8.39. The summed E-state index contributed by atoms with van der Waals surface area (Å²) in [6, 6.07) is 6.43. The molecule has 7 heteroatoms. The van der Waals surface area contributed by atoms with Gasteiger partial charge in [-0.15, -0.1) is 0 Å². The van der Waals surface area contributed by atoms with E-state index in [1.165, 1.54) is 16.0 Å². The lowest BCUT2D eigenvalue weighted by molar-refractivity contribution is -0.184. The van der Waals surface area contributed by atoms with Gasteiger partial charge in [0.05, 0.1) is 0 Å². The van der Waals surface area contributed by atoms with E-state index in [2.05, 4.69) is 16.7 Å². The summed E-state index contributed by atoms with van der Waals surface area (Å²) in [5, 5.41) is 5.60. The summed E-state index contributed by atoms with van der Waals surface area (Å²) in [5.41, 5.74) is 2.42. The predicted molar refractivity (Wildman–Crippen MR) is 94.0 cm³/mol. The van der Waals surface area contributed by atoms with Crippen LogP contribution in [0.1, 0.15) is 36.3 Å². The number of alkyl halides is 3. The van der Waals surface area contributed by atoms with Gasteiger partial charge in [0.25, 0.3) is 0 Å². The van der Waals surface area contributed by atoms with E-state index in [0.29, 0.717) is 26.2 Å². The zero-order chi connectivity index (χ0) is 18.6. The van der Waals surface area contributed by atoms with Gasteiger partial charge in [0.2, 0.25) is 5.91 Å². The smallest absolute Gasteiger partial charge is 0.354 e. The number of piperazine rings is 1. The fourth-order valence-corrected chi connectivity index (χ4v) is 4.02. The second-order valence-corrected chi connectivity index (χ2v) is 7.14. The first-order valence-corrected chi connectivity index (χ1v) is 9.31. The minimum absolute atomic E-state index is 0.100. The third-order valence-electron chi connectivity index (χ3n) is 5.39. The van der Waals surface area contributed by atoms with E-state index in [4.69, 9.17) is 0 Å². The fraction of sp³-hybridized carbons (Fsp3) is 0.632. The molecule has 0 bridgehead atoms. The first-order chi connectivity index (χ1) is 12.4. The van der Waals surface area contributed by atoms with E-state index < -0.39 is 12.2 Å². The third kappa shape index (κ3) is 4.76. The molecule has 0 spiro atoms. The molecule has 0 radical (unpaired) electrons. The summed E-state index contributed by atoms with van der Waals surface area (Å²) >= 11 is 0. The lowest BCUT2D eigenvalue weighted by atomic mass is 9.81. The summed E-state index contributed by atoms with van der Waals surface area (Å²) in [7, 11) is 0. The molecular weight excluding hydrogens is 343 g/mol. The average molecular weight is 369 g/mol. The van der Waals surface area contributed by atoms with Crippen LogP contribution in [0, 0.1) is 0 Å². The molecule has 1 heterocycles. The highest BCUT2D eigenvalue weighted by Crippen LogP contribution is 2.33. The zero-order valence-corrected chi connectivity index (χ0v) is 14.8. The standard InChI is InChI=1S/C19H26F3N3O/c20-19(21,22)17(25-10-8-23-9-11-25)13-24-18(26)12-15-6-3-5-14-4-1-2-7-16(14)15/h1-2,4,7,15,17,23H,3,5-6,8-13H2,(H,24,26). The normalized spacial score (nSPS) is 22.5. The highest BCUT2D eigenvalue weighted by atomic mass is 19.4. The molecule has 2 atom stereocenters. The highest BCUT2D eigenvalue weighted by Gasteiger charge is 2.43. The Kier molecular flexibility index (Phi) is 6.19. The van der Waals surface area contributed by atoms with Crippen LogP contribution in [-0.2, 0) is 11.2 Å². The van der Waals surface area contributed by atoms with Gasteiger partial charge in [0, 0.05) is 39.1 Å². The number of benzene rings is 1. The molecule has 1 aromatic rings. The molecule has 2 unspecified atom stereocenters. The molecular formula is C19H26F3N3O. The number of hydrogen-bond acceptors (Lipinski definition) is 3. The number of nitrogens with one attached hydrogen (secondary N) is 2. The summed E-state index contributed by atoms with van der Waals surface area (Å²) in [4.78, 5) is 13.7. The number of fused-ring (bicyclic) bond motifs is 1. The lowest BCUT2D eigenvalue weighted by Gasteiger charge is -2.36. The maximum Gasteiger partial charge on any atom is 0.405 e. The second-order valence-electron chi connectivity index (χ2n) is 7.14. The van der Waals surface area contributed by atoms with Crippen LogP contribution in [0.25, 0.3) is 0 Å². The van der Waals surface area contributed by atoms with Crippen molar-refractivity contribution in [2.45, 2.75) is 43.8 Å². The van der Waals surface area contributed by atoms with Crippen molar-refractivity contribution in [2.24, 2.45) is 0 Å². The molecule has 1 fully saturated rings. The molecule has 1 aliphatic carbocycles. The summed E-state index contributed by atoms with van der Waals surface area (Å²) in [6.07, 6.45) is -1.16. The lowest BCUT2D eigenvalue weighted by Crippen LogP contribution is -2.57. The number of hydrogen-bond donors (Lipinski definition) is 2. The van der Waals surface area contributed by atoms with Crippen molar-refractivity contribution in [3.8, 4) is 0 Å². The molecule has 1 aliphatic heterocycles. The van der Waals surface area contributed by atoms with Crippen molar-refractivity contribution in [3.63, 3.8) is 0 Å². The van der Waals surface area contributed by atoms with Crippen LogP contribution < -0.4 is 10.6 Å². The van der Waals surface area contributed by atoms with Gasteiger partial charge >= 0.3 is 6.18 Å². The number of halogens is 3. The van der Waals surface area contributed by atoms with Gasteiger partial charge in [0.15, 0.2) is 0 Å². The van der Waals surface area contributed by atoms with Crippen LogP contribution in [0.2, 0.25) is 0 Å². The Balaban J connectivity index is 1.57. The Morgan fingerprint density at radius 3 is 2.73 bits per heavy atom. The van der Waals surface area contributed by atoms with Gasteiger partial charge in [-0.3, -0.25) is 9.69 Å². The third-order valence-corrected chi connectivity index (χ3v) is 5.39. The highest BCUT2D eigenvalue weighted by molar-refractivity contribution is 5.77. The van der Waals surface area contributed by atoms with Gasteiger partial charge in [0.1, 0.15) is 6.04 Å². The molecule has 2 aliphatic rings. The van der Waals surface area contributed by atoms with Crippen molar-refractivity contribution in [1.29, 1.82) is 0 Å². The van der Waals surface area contributed by atoms with Gasteiger partial charge in [-0.2, -0.15) is 13.2 Å². The summed E-state index contributed by atoms with van der Waals surface area (Å²) < 4.78 is 40.2. The minimum Gasteiger partial charge on any atom is -0.354 e. The van der Waals surface area contributed by atoms with Crippen LogP contribution >= 0.6 is 0 Å². The number of carbonyl (C=O) groups is 1. The Labute approximate surface area is 152 Å². The van der Waals surface area contributed by atoms with E-state index in [0.717, 1.165) is 19.3 Å². The van der Waals surface area contributed by atoms with Crippen LogP contribution in [-0.4, -0.2) is 55.7 Å². The Bertz CT molecular complexity index is 614. The molecule has 1 amide bonds. The van der Waals surface area contributed by atoms with E-state index in [9.17, 15) is 18.0 Å². The van der Waals surface area contributed by atoms with Gasteiger partial charge < -0.3 is 10.6 Å². The van der Waals surface area contributed by atoms with Crippen LogP contribution in [0.3, 0.4) is 0 Å². The topological polar surface area (TPSA) is 44.4 Å². The van der Waals surface area contributed by atoms with Crippen molar-refractivity contribution >= 4 is 5.91 Å². The first kappa shape index (κ1) is 19.2. The molecule has 2 N–H and O–H groups in total. The molecule has 4 nitrogen and oxygen atoms in total. The molecule has 3 rings (SSSR count). The fourth-order valence-electron chi connectivity index (χ4n) is 4.02. The van der Waals surface area contributed by atoms with Crippen molar-refractivity contribution in [2.75, 3.05) is 32.7 Å². The molecule has 26 heavy (non-hydrogen) atoms. The van der Waals surface area contributed by atoms with Crippen molar-refractivity contribution < 1.29 is 18.0 Å². The largest absolute Gasteiger partial charge is 0.405 e. The summed E-state index contributed by atoms with van der Waals surface area (Å²) in [5.74, 6) is -0.195. The molecule has 1 saturated heterocycles. The van der Waals surface area contributed by atoms with E-state index in [-0.39, 0.29) is 24.8 Å². The number of carbonyl (C=O) groups excluding carboxylic acids is 1. The SMILES string of the molecule is O=C(CC1CCCc2ccccc21)NCC(N1CCNCC1)C(F)(F)F. The van der Waals surface area contributed by atoms with Crippen LogP contribution in [0.4, 0.5) is 13.2 Å². The maximum atomic E-state index is 13.4. The van der Waals surface area contributed by atoms with Crippen molar-refractivity contribution in [3.05, 3.63) is 35.4 Å². The molecule has 0 aromatic heterocycles. The molecule has 144 valence electrons. The number of rotatable bonds is 5. The van der Waals surface area contributed by atoms with Gasteiger partial charge in [-0.25, -0.2) is 0 Å². The Hall–Kier alpha value is -1.60. The van der Waals surface area contributed by atoms with Crippen LogP contribution in [0.5, 0.6) is 0 Å². The molecule has 0 saturated carbocycles. The van der Waals surface area contributed by atoms with Crippen LogP contribution in [0.15, 0.2) is 24.3 Å². The average Bonchev–Trinajstić information content (AvgIpc) is 2.62. The number of amides is 1. The van der Waals surface area contributed by atoms with Crippen molar-refractivity contribution in [1.82, 2.24) is 15.5 Å². The first-order valence-electron chi connectivity index (χ1n) is 9.31. The zero-order valence-electron chi connectivity index (χ0n) is 14.8. The minimum atomic E-state index is -4.35. The summed E-state index contributed by atoms with van der Waals surface area (Å²) in [6.45, 7) is 1.39. The Morgan fingerprint density at radius 2 is 2.00 bits per heavy atom. The van der Waals surface area contributed by atoms with E-state index >= 15 is 0 Å². The number of aryl methyl sites for hydroxylation is 1. The number of nitrogens with zero attached hydrogens (tertiary/aromatic N) is 1. The van der Waals surface area contributed by atoms with E-state index in [1.807, 2.05) is 18.2 Å². The quantitative estimate of drug-likeness (QED) is 0.838. The monoisotopic (exact) mass is 369 g/mol. The molecule has 1 aromatic carbocycles. The Morgan fingerprint density at radius 1 is 1.27 bits per heavy atom. The van der Waals surface area contributed by atoms with Gasteiger partial charge in [-0.1, -0.05) is 24.3 Å². The van der Waals surface area contributed by atoms with E-state index in [1.54, 1.807) is 0 Å². The predicted octanol–water partition coefficient (Wildman–Crippen LogP) is 2.45. The van der Waals surface area contributed by atoms with Gasteiger partial charge in [-0.05, 0) is 36.3 Å². The maximum absolute atomic E-state index is 13.4.